The van der Waals surface area contributed by atoms with Gasteiger partial charge in [0.1, 0.15) is 5.82 Å². The average Bonchev–Trinajstić information content (AvgIpc) is 3.02. The Kier molecular flexibility index (Phi) is 2.87. The highest BCUT2D eigenvalue weighted by molar-refractivity contribution is 6.16. The molecule has 1 aliphatic carbocycles. The van der Waals surface area contributed by atoms with E-state index in [4.69, 9.17) is 11.6 Å². The number of alkyl halides is 1. The van der Waals surface area contributed by atoms with Crippen LogP contribution in [0.4, 0.5) is 5.82 Å². The third kappa shape index (κ3) is 2.35. The SMILES string of the molecule is CN(CC1CC1)c1cncc(CCl)n1. The molecule has 0 radical (unpaired) electrons. The second-order valence-corrected chi connectivity index (χ2v) is 4.09. The predicted molar refractivity (Wildman–Crippen MR) is 57.6 cm³/mol. The van der Waals surface area contributed by atoms with Crippen LogP contribution in [-0.2, 0) is 5.88 Å². The van der Waals surface area contributed by atoms with Crippen molar-refractivity contribution in [2.45, 2.75) is 18.7 Å². The Morgan fingerprint density at radius 1 is 1.50 bits per heavy atom. The number of rotatable bonds is 4. The number of hydrogen-bond acceptors (Lipinski definition) is 3. The first-order valence-electron chi connectivity index (χ1n) is 4.87. The van der Waals surface area contributed by atoms with Gasteiger partial charge in [-0.3, -0.25) is 4.98 Å². The maximum Gasteiger partial charge on any atom is 0.147 e. The van der Waals surface area contributed by atoms with Crippen molar-refractivity contribution in [3.8, 4) is 0 Å². The summed E-state index contributed by atoms with van der Waals surface area (Å²) in [5.41, 5.74) is 0.840. The maximum absolute atomic E-state index is 5.70. The van der Waals surface area contributed by atoms with Gasteiger partial charge in [0.25, 0.3) is 0 Å². The summed E-state index contributed by atoms with van der Waals surface area (Å²) in [5.74, 6) is 2.22. The van der Waals surface area contributed by atoms with E-state index in [9.17, 15) is 0 Å². The van der Waals surface area contributed by atoms with E-state index in [-0.39, 0.29) is 0 Å². The van der Waals surface area contributed by atoms with E-state index in [1.54, 1.807) is 12.4 Å². The smallest absolute Gasteiger partial charge is 0.147 e. The molecule has 1 aromatic rings. The van der Waals surface area contributed by atoms with Crippen molar-refractivity contribution < 1.29 is 0 Å². The van der Waals surface area contributed by atoms with Gasteiger partial charge in [0.15, 0.2) is 0 Å². The lowest BCUT2D eigenvalue weighted by molar-refractivity contribution is 0.772. The number of halogens is 1. The number of aromatic nitrogens is 2. The van der Waals surface area contributed by atoms with Gasteiger partial charge in [0.2, 0.25) is 0 Å². The third-order valence-corrected chi connectivity index (χ3v) is 2.70. The molecule has 0 unspecified atom stereocenters. The van der Waals surface area contributed by atoms with Crippen molar-refractivity contribution >= 4 is 17.4 Å². The molecule has 1 fully saturated rings. The highest BCUT2D eigenvalue weighted by Gasteiger charge is 2.23. The predicted octanol–water partition coefficient (Wildman–Crippen LogP) is 2.06. The van der Waals surface area contributed by atoms with Gasteiger partial charge in [-0.15, -0.1) is 11.6 Å². The Bertz CT molecular complexity index is 312. The Morgan fingerprint density at radius 2 is 2.29 bits per heavy atom. The van der Waals surface area contributed by atoms with Gasteiger partial charge in [-0.1, -0.05) is 0 Å². The molecule has 1 aromatic heterocycles. The zero-order valence-corrected chi connectivity index (χ0v) is 9.04. The van der Waals surface area contributed by atoms with Crippen LogP contribution in [0.25, 0.3) is 0 Å². The van der Waals surface area contributed by atoms with Crippen LogP contribution in [-0.4, -0.2) is 23.6 Å². The Labute approximate surface area is 89.1 Å². The lowest BCUT2D eigenvalue weighted by atomic mass is 10.4. The minimum Gasteiger partial charge on any atom is -0.358 e. The molecule has 0 amide bonds. The number of nitrogens with zero attached hydrogens (tertiary/aromatic N) is 3. The molecule has 0 bridgehead atoms. The lowest BCUT2D eigenvalue weighted by Gasteiger charge is -2.17. The van der Waals surface area contributed by atoms with Crippen LogP contribution in [0.5, 0.6) is 0 Å². The lowest BCUT2D eigenvalue weighted by Crippen LogP contribution is -2.21. The molecule has 1 aliphatic rings. The molecule has 0 saturated heterocycles. The summed E-state index contributed by atoms with van der Waals surface area (Å²) in [4.78, 5) is 10.7. The fourth-order valence-electron chi connectivity index (χ4n) is 1.42. The molecule has 4 heteroatoms. The molecular weight excluding hydrogens is 198 g/mol. The van der Waals surface area contributed by atoms with Crippen LogP contribution in [0.2, 0.25) is 0 Å². The normalized spacial score (nSPS) is 15.6. The molecule has 3 nitrogen and oxygen atoms in total. The monoisotopic (exact) mass is 211 g/mol. The zero-order chi connectivity index (χ0) is 9.97. The summed E-state index contributed by atoms with van der Waals surface area (Å²) in [5, 5.41) is 0. The Hall–Kier alpha value is -0.830. The average molecular weight is 212 g/mol. The first kappa shape index (κ1) is 9.71. The van der Waals surface area contributed by atoms with Crippen molar-refractivity contribution in [2.75, 3.05) is 18.5 Å². The van der Waals surface area contributed by atoms with Crippen LogP contribution in [0.3, 0.4) is 0 Å². The Balaban J connectivity index is 2.05. The molecule has 1 heterocycles. The molecule has 2 rings (SSSR count). The van der Waals surface area contributed by atoms with Crippen molar-refractivity contribution in [1.29, 1.82) is 0 Å². The molecule has 14 heavy (non-hydrogen) atoms. The summed E-state index contributed by atoms with van der Waals surface area (Å²) in [7, 11) is 2.06. The van der Waals surface area contributed by atoms with Crippen LogP contribution in [0.1, 0.15) is 18.5 Å². The molecule has 76 valence electrons. The highest BCUT2D eigenvalue weighted by atomic mass is 35.5. The van der Waals surface area contributed by atoms with E-state index in [0.29, 0.717) is 5.88 Å². The molecule has 0 spiro atoms. The zero-order valence-electron chi connectivity index (χ0n) is 8.28. The fourth-order valence-corrected chi connectivity index (χ4v) is 1.55. The summed E-state index contributed by atoms with van der Waals surface area (Å²) in [6.45, 7) is 1.08. The second-order valence-electron chi connectivity index (χ2n) is 3.83. The standard InChI is InChI=1S/C10H14ClN3/c1-14(7-8-2-3-8)10-6-12-5-9(4-11)13-10/h5-6,8H,2-4,7H2,1H3. The molecule has 1 saturated carbocycles. The summed E-state index contributed by atoms with van der Waals surface area (Å²) < 4.78 is 0. The van der Waals surface area contributed by atoms with Crippen LogP contribution >= 0.6 is 11.6 Å². The van der Waals surface area contributed by atoms with Crippen molar-refractivity contribution in [3.63, 3.8) is 0 Å². The summed E-state index contributed by atoms with van der Waals surface area (Å²) in [6, 6.07) is 0. The van der Waals surface area contributed by atoms with Gasteiger partial charge < -0.3 is 4.90 Å². The van der Waals surface area contributed by atoms with Gasteiger partial charge in [0, 0.05) is 19.8 Å². The largest absolute Gasteiger partial charge is 0.358 e. The highest BCUT2D eigenvalue weighted by Crippen LogP contribution is 2.30. The molecule has 0 aliphatic heterocycles. The van der Waals surface area contributed by atoms with Crippen molar-refractivity contribution in [1.82, 2.24) is 9.97 Å². The van der Waals surface area contributed by atoms with E-state index >= 15 is 0 Å². The van der Waals surface area contributed by atoms with Crippen LogP contribution in [0.15, 0.2) is 12.4 Å². The number of hydrogen-bond donors (Lipinski definition) is 0. The van der Waals surface area contributed by atoms with Gasteiger partial charge in [-0.25, -0.2) is 4.98 Å². The van der Waals surface area contributed by atoms with Gasteiger partial charge in [-0.2, -0.15) is 0 Å². The molecule has 0 N–H and O–H groups in total. The molecule has 0 atom stereocenters. The van der Waals surface area contributed by atoms with Gasteiger partial charge >= 0.3 is 0 Å². The summed E-state index contributed by atoms with van der Waals surface area (Å²) in [6.07, 6.45) is 6.21. The molecular formula is C10H14ClN3. The Morgan fingerprint density at radius 3 is 2.93 bits per heavy atom. The first-order valence-corrected chi connectivity index (χ1v) is 5.41. The van der Waals surface area contributed by atoms with Gasteiger partial charge in [-0.05, 0) is 18.8 Å². The minimum atomic E-state index is 0.429. The fraction of sp³-hybridized carbons (Fsp3) is 0.600. The van der Waals surface area contributed by atoms with Crippen LogP contribution in [0, 0.1) is 5.92 Å². The van der Waals surface area contributed by atoms with E-state index < -0.39 is 0 Å². The van der Waals surface area contributed by atoms with E-state index in [2.05, 4.69) is 21.9 Å². The number of anilines is 1. The first-order chi connectivity index (χ1) is 6.79. The minimum absolute atomic E-state index is 0.429. The third-order valence-electron chi connectivity index (χ3n) is 2.43. The van der Waals surface area contributed by atoms with E-state index in [1.807, 2.05) is 0 Å². The van der Waals surface area contributed by atoms with E-state index in [1.165, 1.54) is 12.8 Å². The second kappa shape index (κ2) is 4.13. The van der Waals surface area contributed by atoms with Gasteiger partial charge in [0.05, 0.1) is 17.8 Å². The van der Waals surface area contributed by atoms with Crippen LogP contribution < -0.4 is 4.90 Å². The van der Waals surface area contributed by atoms with E-state index in [0.717, 1.165) is 24.0 Å². The quantitative estimate of drug-likeness (QED) is 0.714. The van der Waals surface area contributed by atoms with Crippen molar-refractivity contribution in [2.24, 2.45) is 5.92 Å². The topological polar surface area (TPSA) is 29.0 Å². The molecule has 0 aromatic carbocycles. The summed E-state index contributed by atoms with van der Waals surface area (Å²) >= 11 is 5.70. The maximum atomic E-state index is 5.70. The van der Waals surface area contributed by atoms with Crippen molar-refractivity contribution in [3.05, 3.63) is 18.1 Å².